The fourth-order valence-electron chi connectivity index (χ4n) is 2.88. The molecule has 1 aromatic heterocycles. The van der Waals surface area contributed by atoms with Gasteiger partial charge in [-0.3, -0.25) is 4.90 Å². The summed E-state index contributed by atoms with van der Waals surface area (Å²) in [6.07, 6.45) is 5.54. The molecule has 4 heteroatoms. The predicted molar refractivity (Wildman–Crippen MR) is 82.8 cm³/mol. The highest BCUT2D eigenvalue weighted by molar-refractivity contribution is 7.11. The van der Waals surface area contributed by atoms with Gasteiger partial charge in [0.15, 0.2) is 0 Å². The third-order valence-electron chi connectivity index (χ3n) is 4.58. The zero-order valence-electron chi connectivity index (χ0n) is 12.7. The number of aromatic nitrogens is 1. The number of piperazine rings is 1. The monoisotopic (exact) mass is 281 g/mol. The SMILES string of the molecule is CCc1cnc(C(C)N2CCNC(CC)(CC)C2)s1. The summed E-state index contributed by atoms with van der Waals surface area (Å²) in [6, 6.07) is 0.449. The second-order valence-corrected chi connectivity index (χ2v) is 6.73. The lowest BCUT2D eigenvalue weighted by Crippen LogP contribution is -2.60. The Morgan fingerprint density at radius 1 is 1.42 bits per heavy atom. The van der Waals surface area contributed by atoms with E-state index in [1.807, 2.05) is 17.5 Å². The molecule has 1 fully saturated rings. The molecule has 0 amide bonds. The normalized spacial score (nSPS) is 21.5. The van der Waals surface area contributed by atoms with Crippen LogP contribution in [-0.4, -0.2) is 35.1 Å². The van der Waals surface area contributed by atoms with E-state index in [9.17, 15) is 0 Å². The lowest BCUT2D eigenvalue weighted by molar-refractivity contribution is 0.0918. The molecular weight excluding hydrogens is 254 g/mol. The van der Waals surface area contributed by atoms with Gasteiger partial charge >= 0.3 is 0 Å². The molecule has 1 aliphatic heterocycles. The number of hydrogen-bond donors (Lipinski definition) is 1. The van der Waals surface area contributed by atoms with Gasteiger partial charge in [-0.15, -0.1) is 11.3 Å². The van der Waals surface area contributed by atoms with E-state index >= 15 is 0 Å². The van der Waals surface area contributed by atoms with Crippen LogP contribution < -0.4 is 5.32 Å². The van der Waals surface area contributed by atoms with Crippen LogP contribution in [0.25, 0.3) is 0 Å². The number of nitrogens with one attached hydrogen (secondary N) is 1. The third-order valence-corrected chi connectivity index (χ3v) is 5.90. The summed E-state index contributed by atoms with van der Waals surface area (Å²) in [5.74, 6) is 0. The lowest BCUT2D eigenvalue weighted by atomic mass is 9.89. The van der Waals surface area contributed by atoms with Crippen LogP contribution in [0.4, 0.5) is 0 Å². The minimum absolute atomic E-state index is 0.303. The highest BCUT2D eigenvalue weighted by Crippen LogP contribution is 2.29. The number of aryl methyl sites for hydroxylation is 1. The maximum absolute atomic E-state index is 4.62. The van der Waals surface area contributed by atoms with Crippen molar-refractivity contribution in [3.63, 3.8) is 0 Å². The minimum atomic E-state index is 0.303. The van der Waals surface area contributed by atoms with Crippen molar-refractivity contribution in [1.29, 1.82) is 0 Å². The first-order valence-corrected chi connectivity index (χ1v) is 8.39. The highest BCUT2D eigenvalue weighted by atomic mass is 32.1. The van der Waals surface area contributed by atoms with E-state index < -0.39 is 0 Å². The van der Waals surface area contributed by atoms with Gasteiger partial charge in [0.05, 0.1) is 6.04 Å². The molecule has 1 N–H and O–H groups in total. The molecule has 1 atom stereocenters. The maximum atomic E-state index is 4.62. The Labute approximate surface area is 121 Å². The largest absolute Gasteiger partial charge is 0.309 e. The summed E-state index contributed by atoms with van der Waals surface area (Å²) in [5, 5.41) is 5.00. The molecule has 108 valence electrons. The van der Waals surface area contributed by atoms with Gasteiger partial charge in [-0.05, 0) is 26.2 Å². The van der Waals surface area contributed by atoms with Gasteiger partial charge in [-0.2, -0.15) is 0 Å². The molecule has 3 nitrogen and oxygen atoms in total. The highest BCUT2D eigenvalue weighted by Gasteiger charge is 2.34. The lowest BCUT2D eigenvalue weighted by Gasteiger charge is -2.45. The second kappa shape index (κ2) is 6.33. The van der Waals surface area contributed by atoms with Gasteiger partial charge in [0.2, 0.25) is 0 Å². The standard InChI is InChI=1S/C15H27N3S/c1-5-13-10-16-14(19-13)12(4)18-9-8-17-15(6-2,7-3)11-18/h10,12,17H,5-9,11H2,1-4H3. The minimum Gasteiger partial charge on any atom is -0.309 e. The quantitative estimate of drug-likeness (QED) is 0.898. The first kappa shape index (κ1) is 14.9. The van der Waals surface area contributed by atoms with E-state index in [0.29, 0.717) is 11.6 Å². The summed E-state index contributed by atoms with van der Waals surface area (Å²) >= 11 is 1.88. The topological polar surface area (TPSA) is 28.2 Å². The summed E-state index contributed by atoms with van der Waals surface area (Å²) in [7, 11) is 0. The van der Waals surface area contributed by atoms with Crippen LogP contribution in [0.2, 0.25) is 0 Å². The van der Waals surface area contributed by atoms with E-state index in [4.69, 9.17) is 0 Å². The van der Waals surface area contributed by atoms with E-state index in [2.05, 4.69) is 42.9 Å². The maximum Gasteiger partial charge on any atom is 0.110 e. The molecule has 19 heavy (non-hydrogen) atoms. The Kier molecular flexibility index (Phi) is 4.98. The number of thiazole rings is 1. The molecule has 1 aliphatic rings. The molecule has 0 aromatic carbocycles. The van der Waals surface area contributed by atoms with Crippen molar-refractivity contribution < 1.29 is 0 Å². The zero-order valence-corrected chi connectivity index (χ0v) is 13.5. The fourth-order valence-corrected chi connectivity index (χ4v) is 3.82. The summed E-state index contributed by atoms with van der Waals surface area (Å²) in [6.45, 7) is 12.5. The van der Waals surface area contributed by atoms with Crippen LogP contribution in [0.1, 0.15) is 56.5 Å². The zero-order chi connectivity index (χ0) is 13.9. The number of hydrogen-bond acceptors (Lipinski definition) is 4. The van der Waals surface area contributed by atoms with Gasteiger partial charge in [0, 0.05) is 36.2 Å². The van der Waals surface area contributed by atoms with Crippen LogP contribution in [0.15, 0.2) is 6.20 Å². The van der Waals surface area contributed by atoms with Crippen LogP contribution in [0.3, 0.4) is 0 Å². The van der Waals surface area contributed by atoms with Crippen molar-refractivity contribution >= 4 is 11.3 Å². The Bertz CT molecular complexity index is 398. The molecule has 0 spiro atoms. The average molecular weight is 281 g/mol. The molecular formula is C15H27N3S. The molecule has 2 rings (SSSR count). The van der Waals surface area contributed by atoms with E-state index in [-0.39, 0.29) is 0 Å². The summed E-state index contributed by atoms with van der Waals surface area (Å²) in [4.78, 5) is 8.61. The Balaban J connectivity index is 2.08. The van der Waals surface area contributed by atoms with Gasteiger partial charge in [0.1, 0.15) is 5.01 Å². The molecule has 2 heterocycles. The second-order valence-electron chi connectivity index (χ2n) is 5.58. The van der Waals surface area contributed by atoms with Crippen molar-refractivity contribution in [2.45, 2.75) is 58.5 Å². The smallest absolute Gasteiger partial charge is 0.110 e. The van der Waals surface area contributed by atoms with Crippen molar-refractivity contribution in [1.82, 2.24) is 15.2 Å². The van der Waals surface area contributed by atoms with Gasteiger partial charge in [-0.25, -0.2) is 4.98 Å². The fraction of sp³-hybridized carbons (Fsp3) is 0.800. The molecule has 1 aromatic rings. The molecule has 0 radical (unpaired) electrons. The molecule has 0 bridgehead atoms. The summed E-state index contributed by atoms with van der Waals surface area (Å²) < 4.78 is 0. The predicted octanol–water partition coefficient (Wildman–Crippen LogP) is 3.23. The van der Waals surface area contributed by atoms with Crippen LogP contribution in [-0.2, 0) is 6.42 Å². The molecule has 0 saturated carbocycles. The van der Waals surface area contributed by atoms with Crippen molar-refractivity contribution in [3.8, 4) is 0 Å². The average Bonchev–Trinajstić information content (AvgIpc) is 2.95. The Morgan fingerprint density at radius 3 is 2.74 bits per heavy atom. The van der Waals surface area contributed by atoms with E-state index in [0.717, 1.165) is 26.1 Å². The molecule has 0 aliphatic carbocycles. The van der Waals surface area contributed by atoms with Gasteiger partial charge in [0.25, 0.3) is 0 Å². The van der Waals surface area contributed by atoms with Gasteiger partial charge < -0.3 is 5.32 Å². The Hall–Kier alpha value is -0.450. The number of nitrogens with zero attached hydrogens (tertiary/aromatic N) is 2. The first-order chi connectivity index (χ1) is 9.14. The third kappa shape index (κ3) is 3.18. The summed E-state index contributed by atoms with van der Waals surface area (Å²) in [5.41, 5.74) is 0.303. The van der Waals surface area contributed by atoms with E-state index in [1.165, 1.54) is 22.7 Å². The first-order valence-electron chi connectivity index (χ1n) is 7.57. The van der Waals surface area contributed by atoms with Crippen LogP contribution in [0.5, 0.6) is 0 Å². The Morgan fingerprint density at radius 2 is 2.16 bits per heavy atom. The van der Waals surface area contributed by atoms with Crippen molar-refractivity contribution in [3.05, 3.63) is 16.1 Å². The number of rotatable bonds is 5. The van der Waals surface area contributed by atoms with Gasteiger partial charge in [-0.1, -0.05) is 20.8 Å². The van der Waals surface area contributed by atoms with Crippen LogP contribution >= 0.6 is 11.3 Å². The van der Waals surface area contributed by atoms with Crippen molar-refractivity contribution in [2.24, 2.45) is 0 Å². The van der Waals surface area contributed by atoms with Crippen LogP contribution in [0, 0.1) is 0 Å². The van der Waals surface area contributed by atoms with Crippen molar-refractivity contribution in [2.75, 3.05) is 19.6 Å². The van der Waals surface area contributed by atoms with E-state index in [1.54, 1.807) is 0 Å². The molecule has 1 unspecified atom stereocenters. The molecule has 1 saturated heterocycles.